The van der Waals surface area contributed by atoms with E-state index in [4.69, 9.17) is 37.0 Å². The van der Waals surface area contributed by atoms with Crippen LogP contribution in [0.25, 0.3) is 0 Å². The topological polar surface area (TPSA) is 237 Å². The average Bonchev–Trinajstić information content (AvgIpc) is 1.22. The number of esters is 4. The van der Waals surface area contributed by atoms with Crippen LogP contribution >= 0.6 is 15.6 Å². The summed E-state index contributed by atoms with van der Waals surface area (Å²) in [4.78, 5) is 72.7. The maximum atomic E-state index is 13.1. The first kappa shape index (κ1) is 92.1. The number of hydrogen-bond acceptors (Lipinski definition) is 15. The van der Waals surface area contributed by atoms with Crippen molar-refractivity contribution in [2.24, 2.45) is 23.7 Å². The molecule has 0 spiro atoms. The largest absolute Gasteiger partial charge is 0.472 e. The lowest BCUT2D eigenvalue weighted by Crippen LogP contribution is -2.30. The molecule has 0 aromatic carbocycles. The van der Waals surface area contributed by atoms with Crippen molar-refractivity contribution in [3.63, 3.8) is 0 Å². The molecule has 3 unspecified atom stereocenters. The van der Waals surface area contributed by atoms with Gasteiger partial charge >= 0.3 is 39.5 Å². The van der Waals surface area contributed by atoms with E-state index in [-0.39, 0.29) is 25.7 Å². The summed E-state index contributed by atoms with van der Waals surface area (Å²) >= 11 is 0. The van der Waals surface area contributed by atoms with Crippen molar-refractivity contribution in [2.45, 2.75) is 395 Å². The van der Waals surface area contributed by atoms with Crippen LogP contribution in [0.15, 0.2) is 0 Å². The highest BCUT2D eigenvalue weighted by Crippen LogP contribution is 2.45. The van der Waals surface area contributed by atoms with Crippen LogP contribution in [0.4, 0.5) is 0 Å². The van der Waals surface area contributed by atoms with Crippen LogP contribution in [0.3, 0.4) is 0 Å². The van der Waals surface area contributed by atoms with Gasteiger partial charge in [-0.2, -0.15) is 0 Å². The summed E-state index contributed by atoms with van der Waals surface area (Å²) in [5.74, 6) is 0.909. The summed E-state index contributed by atoms with van der Waals surface area (Å²) in [6, 6.07) is 0. The molecule has 94 heavy (non-hydrogen) atoms. The van der Waals surface area contributed by atoms with E-state index in [1.165, 1.54) is 173 Å². The second-order valence-corrected chi connectivity index (χ2v) is 31.6. The lowest BCUT2D eigenvalue weighted by atomic mass is 9.99. The van der Waals surface area contributed by atoms with Crippen molar-refractivity contribution in [3.05, 3.63) is 0 Å². The minimum atomic E-state index is -4.96. The molecule has 0 aliphatic rings. The predicted molar refractivity (Wildman–Crippen MR) is 381 cm³/mol. The Morgan fingerprint density at radius 3 is 0.755 bits per heavy atom. The monoisotopic (exact) mass is 1380 g/mol. The Kier molecular flexibility index (Phi) is 63.1. The van der Waals surface area contributed by atoms with Gasteiger partial charge in [-0.15, -0.1) is 0 Å². The first-order valence-corrected chi connectivity index (χ1v) is 41.7. The Bertz CT molecular complexity index is 1850. The van der Waals surface area contributed by atoms with Crippen molar-refractivity contribution >= 4 is 39.5 Å². The molecule has 0 rings (SSSR count). The average molecular weight is 1380 g/mol. The molecule has 6 atom stereocenters. The fourth-order valence-electron chi connectivity index (χ4n) is 11.3. The fourth-order valence-corrected chi connectivity index (χ4v) is 12.9. The van der Waals surface area contributed by atoms with Gasteiger partial charge in [0.2, 0.25) is 0 Å². The van der Waals surface area contributed by atoms with Gasteiger partial charge in [-0.1, -0.05) is 325 Å². The summed E-state index contributed by atoms with van der Waals surface area (Å²) in [6.45, 7) is 14.1. The highest BCUT2D eigenvalue weighted by atomic mass is 31.2. The fraction of sp³-hybridized carbons (Fsp3) is 0.947. The molecule has 0 heterocycles. The molecule has 0 saturated carbocycles. The first-order valence-electron chi connectivity index (χ1n) is 38.7. The Hall–Kier alpha value is -1.94. The normalized spacial score (nSPS) is 14.4. The third kappa shape index (κ3) is 67.3. The third-order valence-electron chi connectivity index (χ3n) is 17.7. The minimum Gasteiger partial charge on any atom is -0.462 e. The van der Waals surface area contributed by atoms with E-state index in [1.807, 2.05) is 0 Å². The molecule has 17 nitrogen and oxygen atoms in total. The lowest BCUT2D eigenvalue weighted by molar-refractivity contribution is -0.161. The molecule has 0 aliphatic heterocycles. The quantitative estimate of drug-likeness (QED) is 0.0222. The molecule has 19 heteroatoms. The van der Waals surface area contributed by atoms with Crippen molar-refractivity contribution in [1.29, 1.82) is 0 Å². The van der Waals surface area contributed by atoms with E-state index in [1.54, 1.807) is 0 Å². The van der Waals surface area contributed by atoms with Crippen LogP contribution in [0, 0.1) is 23.7 Å². The van der Waals surface area contributed by atoms with Crippen molar-refractivity contribution < 1.29 is 80.2 Å². The van der Waals surface area contributed by atoms with Gasteiger partial charge in [-0.25, -0.2) is 9.13 Å². The van der Waals surface area contributed by atoms with Gasteiger partial charge in [0.25, 0.3) is 0 Å². The van der Waals surface area contributed by atoms with Crippen molar-refractivity contribution in [1.82, 2.24) is 0 Å². The Labute approximate surface area is 575 Å². The van der Waals surface area contributed by atoms with Crippen LogP contribution in [-0.4, -0.2) is 96.7 Å². The summed E-state index contributed by atoms with van der Waals surface area (Å²) in [6.07, 6.45) is 48.7. The van der Waals surface area contributed by atoms with E-state index < -0.39 is 97.5 Å². The van der Waals surface area contributed by atoms with Gasteiger partial charge in [0.1, 0.15) is 19.3 Å². The second kappa shape index (κ2) is 64.4. The SMILES string of the molecule is CCC(C)CCCCCCCCCCCCCCCCC(=O)O[C@H](COC(=O)CCCCCCCCCCCCCCCC(C)C)COP(=O)(O)OC[C@@H](O)COP(=O)(O)OC[C@@H](COC(=O)CCCCCCCCC(C)C)OC(=O)CCCCCCCCCCC(C)C. The number of carbonyl (C=O) groups is 4. The third-order valence-corrected chi connectivity index (χ3v) is 19.6. The zero-order valence-corrected chi connectivity index (χ0v) is 63.4. The maximum Gasteiger partial charge on any atom is 0.472 e. The lowest BCUT2D eigenvalue weighted by Gasteiger charge is -2.21. The Balaban J connectivity index is 5.23. The number of phosphoric acid groups is 2. The molecule has 558 valence electrons. The number of aliphatic hydroxyl groups excluding tert-OH is 1. The van der Waals surface area contributed by atoms with Crippen molar-refractivity contribution in [3.8, 4) is 0 Å². The van der Waals surface area contributed by atoms with Gasteiger partial charge < -0.3 is 33.8 Å². The van der Waals surface area contributed by atoms with Gasteiger partial charge in [0, 0.05) is 25.7 Å². The second-order valence-electron chi connectivity index (χ2n) is 28.7. The zero-order chi connectivity index (χ0) is 69.6. The number of ether oxygens (including phenoxy) is 4. The predicted octanol–water partition coefficient (Wildman–Crippen LogP) is 21.7. The molecule has 0 aliphatic carbocycles. The van der Waals surface area contributed by atoms with Crippen LogP contribution in [0.1, 0.15) is 376 Å². The molecule has 0 aromatic heterocycles. The van der Waals surface area contributed by atoms with E-state index in [9.17, 15) is 43.2 Å². The van der Waals surface area contributed by atoms with Crippen LogP contribution in [0.5, 0.6) is 0 Å². The van der Waals surface area contributed by atoms with Crippen molar-refractivity contribution in [2.75, 3.05) is 39.6 Å². The summed E-state index contributed by atoms with van der Waals surface area (Å²) < 4.78 is 68.4. The minimum absolute atomic E-state index is 0.103. The number of unbranched alkanes of at least 4 members (excludes halogenated alkanes) is 37. The van der Waals surface area contributed by atoms with Gasteiger partial charge in [-0.05, 0) is 49.4 Å². The highest BCUT2D eigenvalue weighted by molar-refractivity contribution is 7.47. The van der Waals surface area contributed by atoms with E-state index in [0.29, 0.717) is 31.6 Å². The first-order chi connectivity index (χ1) is 45.1. The van der Waals surface area contributed by atoms with E-state index >= 15 is 0 Å². The molecule has 0 fully saturated rings. The Morgan fingerprint density at radius 2 is 0.511 bits per heavy atom. The van der Waals surface area contributed by atoms with Gasteiger partial charge in [0.15, 0.2) is 12.2 Å². The smallest absolute Gasteiger partial charge is 0.462 e. The van der Waals surface area contributed by atoms with Gasteiger partial charge in [-0.3, -0.25) is 37.3 Å². The van der Waals surface area contributed by atoms with Gasteiger partial charge in [0.05, 0.1) is 26.4 Å². The molecule has 0 bridgehead atoms. The molecule has 0 saturated heterocycles. The van der Waals surface area contributed by atoms with Crippen LogP contribution < -0.4 is 0 Å². The molecular formula is C75H146O17P2. The Morgan fingerprint density at radius 1 is 0.298 bits per heavy atom. The number of phosphoric ester groups is 2. The number of aliphatic hydroxyl groups is 1. The molecule has 3 N–H and O–H groups in total. The molecule has 0 radical (unpaired) electrons. The number of hydrogen-bond donors (Lipinski definition) is 3. The summed E-state index contributed by atoms with van der Waals surface area (Å²) in [7, 11) is -9.91. The van der Waals surface area contributed by atoms with Crippen LogP contribution in [-0.2, 0) is 65.4 Å². The number of carbonyl (C=O) groups excluding carboxylic acids is 4. The maximum absolute atomic E-state index is 13.1. The van der Waals surface area contributed by atoms with E-state index in [0.717, 1.165) is 114 Å². The highest BCUT2D eigenvalue weighted by Gasteiger charge is 2.30. The number of rotatable bonds is 72. The standard InChI is InChI=1S/C75H146O17P2/c1-9-68(8)54-46-38-29-22-18-14-10-11-15-20-24-31-41-49-57-74(79)91-70(61-85-72(77)55-47-39-30-23-19-16-12-13-17-21-27-35-43-51-65(2)3)63-89-93(81,82)87-59-69(76)60-88-94(83,84)90-64-71(62-86-73(78)56-48-40-34-33-37-45-53-67(6)7)92-75(80)58-50-42-32-26-25-28-36-44-52-66(4)5/h65-71,76H,9-64H2,1-8H3,(H,81,82)(H,83,84)/t68?,69-,70-,71-/m1/s1. The molecular weight excluding hydrogens is 1230 g/mol. The summed E-state index contributed by atoms with van der Waals surface area (Å²) in [5, 5.41) is 10.6. The van der Waals surface area contributed by atoms with E-state index in [2.05, 4.69) is 55.4 Å². The van der Waals surface area contributed by atoms with Crippen LogP contribution in [0.2, 0.25) is 0 Å². The molecule has 0 amide bonds. The zero-order valence-electron chi connectivity index (χ0n) is 61.6. The summed E-state index contributed by atoms with van der Waals surface area (Å²) in [5.41, 5.74) is 0. The molecule has 0 aromatic rings.